The Morgan fingerprint density at radius 2 is 0.500 bits per heavy atom. The molecule has 0 aromatic heterocycles. The van der Waals surface area contributed by atoms with Crippen LogP contribution in [0.3, 0.4) is 0 Å². The molecular weight excluding hydrogens is 889 g/mol. The van der Waals surface area contributed by atoms with Gasteiger partial charge in [0.1, 0.15) is 13.2 Å². The molecule has 0 saturated carbocycles. The maximum absolute atomic E-state index is 12.9. The van der Waals surface area contributed by atoms with Gasteiger partial charge in [-0.3, -0.25) is 14.4 Å². The number of unbranched alkanes of at least 4 members (excludes halogenated alkanes) is 45. The highest BCUT2D eigenvalue weighted by Gasteiger charge is 2.19. The molecule has 1 atom stereocenters. The van der Waals surface area contributed by atoms with Crippen molar-refractivity contribution >= 4 is 17.9 Å². The van der Waals surface area contributed by atoms with E-state index in [9.17, 15) is 14.4 Å². The lowest BCUT2D eigenvalue weighted by Crippen LogP contribution is -2.30. The van der Waals surface area contributed by atoms with E-state index in [1.807, 2.05) is 0 Å². The van der Waals surface area contributed by atoms with Crippen LogP contribution < -0.4 is 0 Å². The number of ether oxygens (including phenoxy) is 3. The molecule has 0 spiro atoms. The number of hydrogen-bond acceptors (Lipinski definition) is 6. The van der Waals surface area contributed by atoms with Crippen molar-refractivity contribution in [3.8, 4) is 0 Å². The van der Waals surface area contributed by atoms with E-state index in [-0.39, 0.29) is 31.1 Å². The Hall–Kier alpha value is -2.11. The Bertz CT molecular complexity index is 1160. The van der Waals surface area contributed by atoms with Crippen LogP contribution in [0.5, 0.6) is 0 Å². The van der Waals surface area contributed by atoms with E-state index in [1.165, 1.54) is 257 Å². The van der Waals surface area contributed by atoms with Gasteiger partial charge in [0.2, 0.25) is 0 Å². The van der Waals surface area contributed by atoms with Crippen LogP contribution in [0.4, 0.5) is 0 Å². The van der Waals surface area contributed by atoms with Crippen LogP contribution in [-0.2, 0) is 28.6 Å². The molecule has 0 radical (unpaired) electrons. The summed E-state index contributed by atoms with van der Waals surface area (Å²) in [5.41, 5.74) is 0. The molecule has 0 aromatic carbocycles. The molecule has 0 rings (SSSR count). The minimum Gasteiger partial charge on any atom is -0.462 e. The van der Waals surface area contributed by atoms with Crippen molar-refractivity contribution in [1.82, 2.24) is 0 Å². The normalized spacial score (nSPS) is 12.1. The largest absolute Gasteiger partial charge is 0.462 e. The fourth-order valence-corrected chi connectivity index (χ4v) is 9.83. The van der Waals surface area contributed by atoms with Gasteiger partial charge >= 0.3 is 17.9 Å². The van der Waals surface area contributed by atoms with Crippen molar-refractivity contribution in [1.29, 1.82) is 0 Å². The zero-order valence-electron chi connectivity index (χ0n) is 48.7. The minimum atomic E-state index is -0.769. The van der Waals surface area contributed by atoms with Crippen LogP contribution in [0, 0.1) is 0 Å². The molecular formula is C66H124O6. The molecule has 0 aromatic rings. The van der Waals surface area contributed by atoms with Crippen molar-refractivity contribution in [2.75, 3.05) is 13.2 Å². The monoisotopic (exact) mass is 1010 g/mol. The predicted molar refractivity (Wildman–Crippen MR) is 312 cm³/mol. The lowest BCUT2D eigenvalue weighted by atomic mass is 10.0. The summed E-state index contributed by atoms with van der Waals surface area (Å²) in [6.07, 6.45) is 73.2. The Kier molecular flexibility index (Phi) is 59.6. The molecule has 0 heterocycles. The Morgan fingerprint density at radius 3 is 0.792 bits per heavy atom. The highest BCUT2D eigenvalue weighted by atomic mass is 16.6. The van der Waals surface area contributed by atoms with Gasteiger partial charge < -0.3 is 14.2 Å². The molecule has 424 valence electrons. The fourth-order valence-electron chi connectivity index (χ4n) is 9.83. The standard InChI is InChI=1S/C66H124O6/c1-4-7-10-13-16-19-22-25-28-30-32-34-35-38-41-44-47-50-53-56-59-65(68)71-62-63(61-70-64(67)58-55-52-49-46-43-40-37-27-24-21-18-15-12-9-6-3)72-66(69)60-57-54-51-48-45-42-39-36-33-31-29-26-23-20-17-14-11-8-5-2/h17,20,26,29,63H,4-16,18-19,21-25,27-28,30-62H2,1-3H3/b20-17-,29-26-. The SMILES string of the molecule is CCCCC/C=C\C/C=C\CCCCCCCCCCCC(=O)OC(COC(=O)CCCCCCCCCCCCCCCCC)COC(=O)CCCCCCCCCCCCCCCCCCCCCC. The first kappa shape index (κ1) is 69.9. The Balaban J connectivity index is 4.30. The highest BCUT2D eigenvalue weighted by molar-refractivity contribution is 5.71. The third kappa shape index (κ3) is 58.8. The summed E-state index contributed by atoms with van der Waals surface area (Å²) in [4.78, 5) is 38.3. The first-order chi connectivity index (χ1) is 35.5. The predicted octanol–water partition coefficient (Wildman–Crippen LogP) is 21.8. The van der Waals surface area contributed by atoms with E-state index in [0.29, 0.717) is 19.3 Å². The summed E-state index contributed by atoms with van der Waals surface area (Å²) in [7, 11) is 0. The van der Waals surface area contributed by atoms with Crippen LogP contribution in [0.1, 0.15) is 361 Å². The quantitative estimate of drug-likeness (QED) is 0.0261. The van der Waals surface area contributed by atoms with Gasteiger partial charge in [-0.2, -0.15) is 0 Å². The Labute approximate surface area is 449 Å². The van der Waals surface area contributed by atoms with E-state index >= 15 is 0 Å². The van der Waals surface area contributed by atoms with Crippen LogP contribution in [0.25, 0.3) is 0 Å². The minimum absolute atomic E-state index is 0.0666. The average molecular weight is 1010 g/mol. The molecule has 6 nitrogen and oxygen atoms in total. The van der Waals surface area contributed by atoms with Crippen LogP contribution in [0.2, 0.25) is 0 Å². The summed E-state index contributed by atoms with van der Waals surface area (Å²) >= 11 is 0. The molecule has 0 aliphatic heterocycles. The molecule has 0 aliphatic rings. The molecule has 0 amide bonds. The summed E-state index contributed by atoms with van der Waals surface area (Å²) < 4.78 is 17.0. The number of carbonyl (C=O) groups excluding carboxylic acids is 3. The van der Waals surface area contributed by atoms with Crippen molar-refractivity contribution in [3.63, 3.8) is 0 Å². The molecule has 0 aliphatic carbocycles. The molecule has 0 N–H and O–H groups in total. The maximum atomic E-state index is 12.9. The summed E-state index contributed by atoms with van der Waals surface area (Å²) in [6, 6.07) is 0. The molecule has 0 fully saturated rings. The smallest absolute Gasteiger partial charge is 0.306 e. The van der Waals surface area contributed by atoms with Crippen molar-refractivity contribution in [3.05, 3.63) is 24.3 Å². The zero-order chi connectivity index (χ0) is 52.2. The van der Waals surface area contributed by atoms with E-state index < -0.39 is 6.10 Å². The lowest BCUT2D eigenvalue weighted by Gasteiger charge is -2.18. The van der Waals surface area contributed by atoms with Gasteiger partial charge in [0.15, 0.2) is 6.10 Å². The second-order valence-corrected chi connectivity index (χ2v) is 22.0. The zero-order valence-corrected chi connectivity index (χ0v) is 48.7. The van der Waals surface area contributed by atoms with Crippen LogP contribution in [-0.4, -0.2) is 37.2 Å². The van der Waals surface area contributed by atoms with E-state index in [0.717, 1.165) is 64.2 Å². The van der Waals surface area contributed by atoms with Gasteiger partial charge in [0.05, 0.1) is 0 Å². The van der Waals surface area contributed by atoms with Gasteiger partial charge in [-0.25, -0.2) is 0 Å². The lowest BCUT2D eigenvalue weighted by molar-refractivity contribution is -0.167. The van der Waals surface area contributed by atoms with Gasteiger partial charge in [-0.05, 0) is 51.4 Å². The number of rotatable bonds is 60. The van der Waals surface area contributed by atoms with E-state index in [1.54, 1.807) is 0 Å². The molecule has 6 heteroatoms. The number of carbonyl (C=O) groups is 3. The van der Waals surface area contributed by atoms with Crippen molar-refractivity contribution < 1.29 is 28.6 Å². The van der Waals surface area contributed by atoms with Gasteiger partial charge in [0, 0.05) is 19.3 Å². The second-order valence-electron chi connectivity index (χ2n) is 22.0. The first-order valence-corrected chi connectivity index (χ1v) is 32.3. The maximum Gasteiger partial charge on any atom is 0.306 e. The number of hydrogen-bond donors (Lipinski definition) is 0. The average Bonchev–Trinajstić information content (AvgIpc) is 3.38. The third-order valence-electron chi connectivity index (χ3n) is 14.7. The van der Waals surface area contributed by atoms with Gasteiger partial charge in [-0.15, -0.1) is 0 Å². The first-order valence-electron chi connectivity index (χ1n) is 32.3. The molecule has 0 bridgehead atoms. The molecule has 72 heavy (non-hydrogen) atoms. The molecule has 1 unspecified atom stereocenters. The summed E-state index contributed by atoms with van der Waals surface area (Å²) in [5, 5.41) is 0. The third-order valence-corrected chi connectivity index (χ3v) is 14.7. The second kappa shape index (κ2) is 61.4. The Morgan fingerprint density at radius 1 is 0.278 bits per heavy atom. The van der Waals surface area contributed by atoms with E-state index in [4.69, 9.17) is 14.2 Å². The van der Waals surface area contributed by atoms with Gasteiger partial charge in [-0.1, -0.05) is 315 Å². The van der Waals surface area contributed by atoms with E-state index in [2.05, 4.69) is 45.1 Å². The van der Waals surface area contributed by atoms with Crippen LogP contribution in [0.15, 0.2) is 24.3 Å². The fraction of sp³-hybridized carbons (Fsp3) is 0.894. The van der Waals surface area contributed by atoms with Crippen molar-refractivity contribution in [2.45, 2.75) is 367 Å². The van der Waals surface area contributed by atoms with Crippen molar-refractivity contribution in [2.24, 2.45) is 0 Å². The highest BCUT2D eigenvalue weighted by Crippen LogP contribution is 2.18. The topological polar surface area (TPSA) is 78.9 Å². The van der Waals surface area contributed by atoms with Gasteiger partial charge in [0.25, 0.3) is 0 Å². The summed E-state index contributed by atoms with van der Waals surface area (Å²) in [5.74, 6) is -0.841. The number of allylic oxidation sites excluding steroid dienone is 4. The molecule has 0 saturated heterocycles. The summed E-state index contributed by atoms with van der Waals surface area (Å²) in [6.45, 7) is 6.69. The number of esters is 3. The van der Waals surface area contributed by atoms with Crippen LogP contribution >= 0.6 is 0 Å².